The monoisotopic (exact) mass is 487 g/mol. The summed E-state index contributed by atoms with van der Waals surface area (Å²) < 4.78 is 30.1. The summed E-state index contributed by atoms with van der Waals surface area (Å²) in [5, 5.41) is 4.37. The molecule has 33 heavy (non-hydrogen) atoms. The molecule has 0 radical (unpaired) electrons. The smallest absolute Gasteiger partial charge is 0.243 e. The number of hydrogen-bond acceptors (Lipinski definition) is 6. The summed E-state index contributed by atoms with van der Waals surface area (Å²) in [6.07, 6.45) is 2.99. The molecule has 3 aromatic rings. The molecular weight excluding hydrogens is 454 g/mol. The van der Waals surface area contributed by atoms with Crippen LogP contribution in [0.4, 0.5) is 0 Å². The summed E-state index contributed by atoms with van der Waals surface area (Å²) in [6.45, 7) is 10.2. The van der Waals surface area contributed by atoms with E-state index in [1.165, 1.54) is 5.56 Å². The van der Waals surface area contributed by atoms with Gasteiger partial charge in [-0.1, -0.05) is 6.42 Å². The van der Waals surface area contributed by atoms with Crippen molar-refractivity contribution in [1.29, 1.82) is 0 Å². The molecule has 0 saturated carbocycles. The van der Waals surface area contributed by atoms with Crippen LogP contribution in [-0.4, -0.2) is 71.3 Å². The number of piperazine rings is 1. The van der Waals surface area contributed by atoms with Gasteiger partial charge in [0, 0.05) is 52.4 Å². The number of aryl methyl sites for hydroxylation is 1. The zero-order valence-electron chi connectivity index (χ0n) is 19.3. The molecule has 178 valence electrons. The largest absolute Gasteiger partial charge is 0.327 e. The minimum absolute atomic E-state index is 0.367. The highest BCUT2D eigenvalue weighted by Crippen LogP contribution is 2.25. The fourth-order valence-electron chi connectivity index (χ4n) is 4.99. The van der Waals surface area contributed by atoms with Crippen molar-refractivity contribution in [3.63, 3.8) is 0 Å². The summed E-state index contributed by atoms with van der Waals surface area (Å²) in [4.78, 5) is 10.2. The van der Waals surface area contributed by atoms with Crippen molar-refractivity contribution in [2.24, 2.45) is 0 Å². The van der Waals surface area contributed by atoms with E-state index in [1.807, 2.05) is 6.07 Å². The van der Waals surface area contributed by atoms with Crippen molar-refractivity contribution in [2.75, 3.05) is 39.3 Å². The Bertz CT molecular complexity index is 1180. The lowest BCUT2D eigenvalue weighted by Gasteiger charge is -2.34. The first kappa shape index (κ1) is 23.0. The van der Waals surface area contributed by atoms with E-state index in [-0.39, 0.29) is 0 Å². The number of nitrogens with zero attached hydrogens (tertiary/aromatic N) is 5. The number of hydrogen-bond donors (Lipinski definition) is 0. The van der Waals surface area contributed by atoms with Crippen LogP contribution in [0.15, 0.2) is 39.9 Å². The molecule has 4 heterocycles. The fraction of sp³-hybridized carbons (Fsp3) is 0.542. The maximum Gasteiger partial charge on any atom is 0.243 e. The van der Waals surface area contributed by atoms with E-state index in [2.05, 4.69) is 38.1 Å². The first-order valence-corrected chi connectivity index (χ1v) is 14.4. The molecule has 1 aromatic carbocycles. The summed E-state index contributed by atoms with van der Waals surface area (Å²) in [6, 6.07) is 7.67. The highest BCUT2D eigenvalue weighted by atomic mass is 32.2. The van der Waals surface area contributed by atoms with Crippen molar-refractivity contribution in [1.82, 2.24) is 23.7 Å². The number of thiophene rings is 1. The SMILES string of the molecule is CCn1c(CN2CCN(Cc3ccsc3)CC2)nc2cc(S(=O)(=O)N3CCCCC3)ccc21. The molecule has 0 unspecified atom stereocenters. The molecule has 2 fully saturated rings. The number of piperidine rings is 1. The second-order valence-corrected chi connectivity index (χ2v) is 11.8. The van der Waals surface area contributed by atoms with Crippen LogP contribution in [0.2, 0.25) is 0 Å². The molecule has 0 atom stereocenters. The molecule has 0 spiro atoms. The molecule has 0 amide bonds. The molecule has 2 aromatic heterocycles. The molecule has 0 aliphatic carbocycles. The molecule has 2 aliphatic rings. The van der Waals surface area contributed by atoms with Crippen molar-refractivity contribution in [3.8, 4) is 0 Å². The predicted molar refractivity (Wildman–Crippen MR) is 133 cm³/mol. The number of benzene rings is 1. The van der Waals surface area contributed by atoms with Gasteiger partial charge in [0.05, 0.1) is 22.5 Å². The fourth-order valence-corrected chi connectivity index (χ4v) is 7.19. The number of aromatic nitrogens is 2. The molecule has 0 bridgehead atoms. The maximum atomic E-state index is 13.1. The third-order valence-electron chi connectivity index (χ3n) is 6.88. The Hall–Kier alpha value is -1.78. The second-order valence-electron chi connectivity index (χ2n) is 9.07. The summed E-state index contributed by atoms with van der Waals surface area (Å²) in [5.74, 6) is 1.02. The average Bonchev–Trinajstić information content (AvgIpc) is 3.47. The highest BCUT2D eigenvalue weighted by Gasteiger charge is 2.27. The normalized spacial score (nSPS) is 19.4. The van der Waals surface area contributed by atoms with E-state index in [9.17, 15) is 8.42 Å². The topological polar surface area (TPSA) is 61.7 Å². The van der Waals surface area contributed by atoms with Gasteiger partial charge in [-0.05, 0) is 60.4 Å². The Morgan fingerprint density at radius 3 is 2.33 bits per heavy atom. The lowest BCUT2D eigenvalue weighted by atomic mass is 10.2. The number of sulfonamides is 1. The lowest BCUT2D eigenvalue weighted by molar-refractivity contribution is 0.119. The van der Waals surface area contributed by atoms with E-state index in [4.69, 9.17) is 4.98 Å². The Morgan fingerprint density at radius 2 is 1.67 bits per heavy atom. The van der Waals surface area contributed by atoms with Crippen LogP contribution in [0, 0.1) is 0 Å². The second kappa shape index (κ2) is 9.84. The van der Waals surface area contributed by atoms with Gasteiger partial charge in [-0.2, -0.15) is 15.6 Å². The third kappa shape index (κ3) is 4.88. The van der Waals surface area contributed by atoms with Gasteiger partial charge in [0.25, 0.3) is 0 Å². The zero-order valence-corrected chi connectivity index (χ0v) is 21.0. The average molecular weight is 488 g/mol. The predicted octanol–water partition coefficient (Wildman–Crippen LogP) is 3.61. The van der Waals surface area contributed by atoms with Gasteiger partial charge in [-0.25, -0.2) is 13.4 Å². The van der Waals surface area contributed by atoms with Crippen LogP contribution in [0.1, 0.15) is 37.6 Å². The third-order valence-corrected chi connectivity index (χ3v) is 9.51. The maximum absolute atomic E-state index is 13.1. The van der Waals surface area contributed by atoms with Crippen molar-refractivity contribution in [3.05, 3.63) is 46.4 Å². The quantitative estimate of drug-likeness (QED) is 0.510. The number of rotatable bonds is 7. The van der Waals surface area contributed by atoms with E-state index in [0.717, 1.165) is 81.9 Å². The molecule has 2 aliphatic heterocycles. The molecule has 9 heteroatoms. The summed E-state index contributed by atoms with van der Waals surface area (Å²) >= 11 is 1.76. The Kier molecular flexibility index (Phi) is 6.85. The van der Waals surface area contributed by atoms with Crippen molar-refractivity contribution in [2.45, 2.75) is 50.7 Å². The van der Waals surface area contributed by atoms with Gasteiger partial charge in [-0.15, -0.1) is 0 Å². The zero-order chi connectivity index (χ0) is 22.8. The number of imidazole rings is 1. The van der Waals surface area contributed by atoms with Crippen LogP contribution in [0.25, 0.3) is 11.0 Å². The molecular formula is C24H33N5O2S2. The molecule has 7 nitrogen and oxygen atoms in total. The summed E-state index contributed by atoms with van der Waals surface area (Å²) in [5.41, 5.74) is 3.19. The Balaban J connectivity index is 1.30. The summed E-state index contributed by atoms with van der Waals surface area (Å²) in [7, 11) is -3.45. The standard InChI is InChI=1S/C24H33N5O2S2/c1-2-29-23-7-6-21(33(30,31)28-9-4-3-5-10-28)16-22(23)25-24(29)18-27-13-11-26(12-14-27)17-20-8-15-32-19-20/h6-8,15-16,19H,2-5,9-14,17-18H2,1H3. The Morgan fingerprint density at radius 1 is 0.939 bits per heavy atom. The van der Waals surface area contributed by atoms with E-state index in [0.29, 0.717) is 18.0 Å². The van der Waals surface area contributed by atoms with Crippen LogP contribution in [-0.2, 0) is 29.7 Å². The van der Waals surface area contributed by atoms with Crippen LogP contribution >= 0.6 is 11.3 Å². The van der Waals surface area contributed by atoms with E-state index >= 15 is 0 Å². The van der Waals surface area contributed by atoms with Crippen LogP contribution in [0.5, 0.6) is 0 Å². The van der Waals surface area contributed by atoms with Gasteiger partial charge in [0.1, 0.15) is 5.82 Å². The minimum Gasteiger partial charge on any atom is -0.327 e. The Labute approximate surface area is 200 Å². The van der Waals surface area contributed by atoms with Crippen molar-refractivity contribution < 1.29 is 8.42 Å². The first-order valence-electron chi connectivity index (χ1n) is 12.0. The minimum atomic E-state index is -3.45. The van der Waals surface area contributed by atoms with Gasteiger partial charge in [0.2, 0.25) is 10.0 Å². The van der Waals surface area contributed by atoms with Crippen molar-refractivity contribution >= 4 is 32.4 Å². The van der Waals surface area contributed by atoms with Gasteiger partial charge in [-0.3, -0.25) is 9.80 Å². The van der Waals surface area contributed by atoms with Gasteiger partial charge in [0.15, 0.2) is 0 Å². The lowest BCUT2D eigenvalue weighted by Crippen LogP contribution is -2.45. The van der Waals surface area contributed by atoms with Crippen LogP contribution < -0.4 is 0 Å². The molecule has 5 rings (SSSR count). The molecule has 0 N–H and O–H groups in total. The van der Waals surface area contributed by atoms with E-state index < -0.39 is 10.0 Å². The van der Waals surface area contributed by atoms with E-state index in [1.54, 1.807) is 27.8 Å². The highest BCUT2D eigenvalue weighted by molar-refractivity contribution is 7.89. The van der Waals surface area contributed by atoms with Gasteiger partial charge >= 0.3 is 0 Å². The van der Waals surface area contributed by atoms with Crippen LogP contribution in [0.3, 0.4) is 0 Å². The number of fused-ring (bicyclic) bond motifs is 1. The first-order chi connectivity index (χ1) is 16.0. The molecule has 2 saturated heterocycles. The van der Waals surface area contributed by atoms with Gasteiger partial charge < -0.3 is 4.57 Å².